The van der Waals surface area contributed by atoms with Gasteiger partial charge in [-0.25, -0.2) is 0 Å². The zero-order valence-electron chi connectivity index (χ0n) is 17.9. The molecule has 5 rings (SSSR count). The molecule has 8 nitrogen and oxygen atoms in total. The Labute approximate surface area is 185 Å². The fourth-order valence-corrected chi connectivity index (χ4v) is 4.79. The molecule has 3 aliphatic rings. The van der Waals surface area contributed by atoms with Gasteiger partial charge in [0.2, 0.25) is 11.8 Å². The summed E-state index contributed by atoms with van der Waals surface area (Å²) in [5.41, 5.74) is -0.533. The Morgan fingerprint density at radius 2 is 1.81 bits per heavy atom. The Balaban J connectivity index is 1.37. The number of nitriles is 1. The Morgan fingerprint density at radius 1 is 1.03 bits per heavy atom. The first-order valence-electron chi connectivity index (χ1n) is 11.3. The summed E-state index contributed by atoms with van der Waals surface area (Å²) in [6, 6.07) is 9.32. The summed E-state index contributed by atoms with van der Waals surface area (Å²) in [5, 5.41) is 15.9. The summed E-state index contributed by atoms with van der Waals surface area (Å²) < 4.78 is 5.83. The van der Waals surface area contributed by atoms with Gasteiger partial charge in [-0.2, -0.15) is 5.26 Å². The Hall–Kier alpha value is -3.34. The van der Waals surface area contributed by atoms with Gasteiger partial charge in [0.15, 0.2) is 5.76 Å². The number of benzene rings is 1. The summed E-state index contributed by atoms with van der Waals surface area (Å²) in [6.07, 6.45) is 6.41. The van der Waals surface area contributed by atoms with Gasteiger partial charge in [-0.3, -0.25) is 14.4 Å². The molecule has 8 heteroatoms. The number of fused-ring (bicyclic) bond motifs is 1. The highest BCUT2D eigenvalue weighted by Gasteiger charge is 2.50. The molecule has 32 heavy (non-hydrogen) atoms. The van der Waals surface area contributed by atoms with Crippen molar-refractivity contribution in [3.8, 4) is 6.07 Å². The third-order valence-corrected chi connectivity index (χ3v) is 6.92. The number of nitrogens with one attached hydrogen (secondary N) is 2. The highest BCUT2D eigenvalue weighted by Crippen LogP contribution is 2.37. The van der Waals surface area contributed by atoms with Crippen LogP contribution >= 0.6 is 0 Å². The number of rotatable bonds is 5. The molecule has 1 aliphatic heterocycles. The van der Waals surface area contributed by atoms with Crippen LogP contribution in [0.5, 0.6) is 0 Å². The molecule has 0 unspecified atom stereocenters. The van der Waals surface area contributed by atoms with Crippen molar-refractivity contribution < 1.29 is 18.8 Å². The molecule has 0 radical (unpaired) electrons. The zero-order chi connectivity index (χ0) is 22.3. The smallest absolute Gasteiger partial charge is 0.287 e. The number of hydrogen-bond donors (Lipinski definition) is 2. The van der Waals surface area contributed by atoms with E-state index in [1.807, 2.05) is 12.1 Å². The van der Waals surface area contributed by atoms with Crippen molar-refractivity contribution in [3.05, 3.63) is 30.0 Å². The Kier molecular flexibility index (Phi) is 4.92. The van der Waals surface area contributed by atoms with Crippen LogP contribution in [0.3, 0.4) is 0 Å². The molecule has 0 bridgehead atoms. The van der Waals surface area contributed by atoms with Gasteiger partial charge in [0.1, 0.15) is 16.7 Å². The van der Waals surface area contributed by atoms with Crippen molar-refractivity contribution in [2.24, 2.45) is 0 Å². The first kappa shape index (κ1) is 20.6. The second-order valence-electron chi connectivity index (χ2n) is 9.23. The molecule has 0 atom stereocenters. The lowest BCUT2D eigenvalue weighted by Crippen LogP contribution is -2.61. The maximum absolute atomic E-state index is 13.2. The fourth-order valence-electron chi connectivity index (χ4n) is 4.79. The van der Waals surface area contributed by atoms with Crippen molar-refractivity contribution in [1.82, 2.24) is 10.6 Å². The van der Waals surface area contributed by atoms with Gasteiger partial charge >= 0.3 is 0 Å². The Morgan fingerprint density at radius 3 is 2.47 bits per heavy atom. The first-order chi connectivity index (χ1) is 15.4. The average Bonchev–Trinajstić information content (AvgIpc) is 3.22. The molecule has 1 saturated heterocycles. The van der Waals surface area contributed by atoms with E-state index in [0.29, 0.717) is 44.2 Å². The summed E-state index contributed by atoms with van der Waals surface area (Å²) in [5.74, 6) is -0.511. The number of amides is 3. The molecule has 166 valence electrons. The molecule has 3 fully saturated rings. The van der Waals surface area contributed by atoms with Gasteiger partial charge in [0.05, 0.1) is 6.07 Å². The van der Waals surface area contributed by atoms with E-state index >= 15 is 0 Å². The van der Waals surface area contributed by atoms with Crippen LogP contribution in [-0.4, -0.2) is 35.3 Å². The van der Waals surface area contributed by atoms with E-state index < -0.39 is 17.0 Å². The summed E-state index contributed by atoms with van der Waals surface area (Å²) in [7, 11) is 0. The molecular weight excluding hydrogens is 408 g/mol. The minimum atomic E-state index is -1.03. The number of nitrogens with zero attached hydrogens (tertiary/aromatic N) is 2. The van der Waals surface area contributed by atoms with E-state index in [-0.39, 0.29) is 17.6 Å². The highest BCUT2D eigenvalue weighted by atomic mass is 16.3. The lowest BCUT2D eigenvalue weighted by atomic mass is 9.80. The van der Waals surface area contributed by atoms with Crippen LogP contribution in [0, 0.1) is 11.3 Å². The van der Waals surface area contributed by atoms with E-state index in [2.05, 4.69) is 16.7 Å². The third-order valence-electron chi connectivity index (χ3n) is 6.92. The molecule has 1 aromatic carbocycles. The predicted molar refractivity (Wildman–Crippen MR) is 117 cm³/mol. The molecular formula is C24H26N4O4. The van der Waals surface area contributed by atoms with Crippen LogP contribution in [0.15, 0.2) is 28.7 Å². The normalized spacial score (nSPS) is 21.2. The summed E-state index contributed by atoms with van der Waals surface area (Å²) in [4.78, 5) is 40.0. The van der Waals surface area contributed by atoms with Gasteiger partial charge in [0, 0.05) is 30.1 Å². The molecule has 2 saturated carbocycles. The second kappa shape index (κ2) is 7.66. The lowest BCUT2D eigenvalue weighted by molar-refractivity contribution is -0.129. The average molecular weight is 434 g/mol. The molecule has 1 aromatic heterocycles. The van der Waals surface area contributed by atoms with E-state index in [9.17, 15) is 19.6 Å². The van der Waals surface area contributed by atoms with Crippen LogP contribution in [0.4, 0.5) is 5.69 Å². The van der Waals surface area contributed by atoms with E-state index in [1.165, 1.54) is 0 Å². The lowest BCUT2D eigenvalue weighted by Gasteiger charge is -2.37. The number of carbonyl (C=O) groups excluding carboxylic acids is 3. The number of carbonyl (C=O) groups is 3. The summed E-state index contributed by atoms with van der Waals surface area (Å²) >= 11 is 0. The van der Waals surface area contributed by atoms with Crippen molar-refractivity contribution in [2.45, 2.75) is 68.9 Å². The van der Waals surface area contributed by atoms with Crippen LogP contribution in [0.25, 0.3) is 11.0 Å². The van der Waals surface area contributed by atoms with Gasteiger partial charge in [-0.1, -0.05) is 19.3 Å². The number of furan rings is 1. The number of anilines is 1. The minimum absolute atomic E-state index is 0.0879. The van der Waals surface area contributed by atoms with Crippen LogP contribution in [0.1, 0.15) is 68.3 Å². The van der Waals surface area contributed by atoms with Crippen LogP contribution < -0.4 is 15.5 Å². The Bertz CT molecular complexity index is 1130. The summed E-state index contributed by atoms with van der Waals surface area (Å²) in [6.45, 7) is 0.681. The quantitative estimate of drug-likeness (QED) is 0.750. The number of hydrogen-bond acceptors (Lipinski definition) is 5. The standard InChI is InChI=1S/C24H26N4O4/c25-15-23(10-11-23)27-22(31)24(8-2-1-3-9-24)26-21(30)19-13-16-6-7-17(14-18(16)32-19)28-12-4-5-20(28)29/h6-7,13-14H,1-5,8-12H2,(H,26,30)(H,27,31). The maximum atomic E-state index is 13.2. The van der Waals surface area contributed by atoms with Gasteiger partial charge in [-0.15, -0.1) is 0 Å². The monoisotopic (exact) mass is 434 g/mol. The van der Waals surface area contributed by atoms with E-state index in [0.717, 1.165) is 36.8 Å². The van der Waals surface area contributed by atoms with Crippen LogP contribution in [0.2, 0.25) is 0 Å². The van der Waals surface area contributed by atoms with E-state index in [4.69, 9.17) is 4.42 Å². The van der Waals surface area contributed by atoms with Crippen molar-refractivity contribution in [1.29, 1.82) is 5.26 Å². The SMILES string of the molecule is N#CC1(NC(=O)C2(NC(=O)c3cc4ccc(N5CCCC5=O)cc4o3)CCCCC2)CC1. The fraction of sp³-hybridized carbons (Fsp3) is 0.500. The van der Waals surface area contributed by atoms with Crippen molar-refractivity contribution in [2.75, 3.05) is 11.4 Å². The maximum Gasteiger partial charge on any atom is 0.287 e. The van der Waals surface area contributed by atoms with Gasteiger partial charge in [0.25, 0.3) is 5.91 Å². The molecule has 2 aliphatic carbocycles. The van der Waals surface area contributed by atoms with Crippen LogP contribution in [-0.2, 0) is 9.59 Å². The molecule has 2 N–H and O–H groups in total. The first-order valence-corrected chi connectivity index (χ1v) is 11.3. The molecule has 2 heterocycles. The zero-order valence-corrected chi connectivity index (χ0v) is 17.9. The van der Waals surface area contributed by atoms with Crippen molar-refractivity contribution >= 4 is 34.4 Å². The molecule has 0 spiro atoms. The third kappa shape index (κ3) is 3.62. The minimum Gasteiger partial charge on any atom is -0.451 e. The largest absolute Gasteiger partial charge is 0.451 e. The molecule has 2 aromatic rings. The second-order valence-corrected chi connectivity index (χ2v) is 9.23. The highest BCUT2D eigenvalue weighted by molar-refractivity contribution is 6.01. The topological polar surface area (TPSA) is 115 Å². The predicted octanol–water partition coefficient (Wildman–Crippen LogP) is 3.16. The van der Waals surface area contributed by atoms with Gasteiger partial charge < -0.3 is 20.0 Å². The van der Waals surface area contributed by atoms with Gasteiger partial charge in [-0.05, 0) is 50.3 Å². The molecule has 3 amide bonds. The van der Waals surface area contributed by atoms with E-state index in [1.54, 1.807) is 17.0 Å². The van der Waals surface area contributed by atoms with Crippen molar-refractivity contribution in [3.63, 3.8) is 0 Å².